The monoisotopic (exact) mass is 329 g/mol. The van der Waals surface area contributed by atoms with Gasteiger partial charge in [0.15, 0.2) is 0 Å². The predicted octanol–water partition coefficient (Wildman–Crippen LogP) is 2.42. The number of nitrogens with one attached hydrogen (secondary N) is 1. The number of nitrogens with zero attached hydrogens (tertiary/aromatic N) is 2. The average molecular weight is 330 g/mol. The van der Waals surface area contributed by atoms with Gasteiger partial charge >= 0.3 is 0 Å². The number of ether oxygens (including phenoxy) is 1. The van der Waals surface area contributed by atoms with Gasteiger partial charge in [-0.1, -0.05) is 19.4 Å². The Kier molecular flexibility index (Phi) is 7.43. The first-order chi connectivity index (χ1) is 9.20. The maximum atomic E-state index is 11.9. The van der Waals surface area contributed by atoms with E-state index in [0.717, 1.165) is 19.4 Å². The highest BCUT2D eigenvalue weighted by Crippen LogP contribution is 2.15. The second-order valence-electron chi connectivity index (χ2n) is 4.04. The molecule has 0 aliphatic carbocycles. The van der Waals surface area contributed by atoms with E-state index in [1.54, 1.807) is 12.3 Å². The molecule has 1 aromatic rings. The molecule has 106 valence electrons. The van der Waals surface area contributed by atoms with Gasteiger partial charge in [-0.3, -0.25) is 4.79 Å². The van der Waals surface area contributed by atoms with Crippen molar-refractivity contribution < 1.29 is 4.74 Å². The van der Waals surface area contributed by atoms with Crippen LogP contribution in [0.2, 0.25) is 0 Å². The average Bonchev–Trinajstić information content (AvgIpc) is 2.41. The number of rotatable bonds is 9. The summed E-state index contributed by atoms with van der Waals surface area (Å²) in [5, 5.41) is 7.18. The number of anilines is 1. The van der Waals surface area contributed by atoms with Crippen LogP contribution in [0.5, 0.6) is 0 Å². The number of aromatic nitrogens is 2. The molecule has 0 saturated carbocycles. The van der Waals surface area contributed by atoms with E-state index in [1.807, 2.05) is 0 Å². The Morgan fingerprint density at radius 1 is 1.58 bits per heavy atom. The number of allylic oxidation sites excluding steroid dienone is 1. The largest absolute Gasteiger partial charge is 0.380 e. The van der Waals surface area contributed by atoms with Crippen molar-refractivity contribution in [3.8, 4) is 0 Å². The summed E-state index contributed by atoms with van der Waals surface area (Å²) in [5.74, 6) is 0. The van der Waals surface area contributed by atoms with Gasteiger partial charge < -0.3 is 10.1 Å². The van der Waals surface area contributed by atoms with E-state index in [-0.39, 0.29) is 5.56 Å². The number of hydrogen-bond donors (Lipinski definition) is 1. The third-order valence-electron chi connectivity index (χ3n) is 2.49. The van der Waals surface area contributed by atoms with Crippen LogP contribution in [0.25, 0.3) is 0 Å². The summed E-state index contributed by atoms with van der Waals surface area (Å²) >= 11 is 3.28. The van der Waals surface area contributed by atoms with E-state index in [4.69, 9.17) is 4.74 Å². The van der Waals surface area contributed by atoms with Crippen molar-refractivity contribution in [2.24, 2.45) is 0 Å². The molecule has 19 heavy (non-hydrogen) atoms. The molecule has 1 N–H and O–H groups in total. The van der Waals surface area contributed by atoms with Crippen LogP contribution in [0.4, 0.5) is 5.69 Å². The van der Waals surface area contributed by atoms with Crippen LogP contribution in [0, 0.1) is 0 Å². The van der Waals surface area contributed by atoms with Crippen molar-refractivity contribution in [1.29, 1.82) is 0 Å². The molecule has 0 bridgehead atoms. The van der Waals surface area contributed by atoms with Gasteiger partial charge in [0.05, 0.1) is 25.0 Å². The van der Waals surface area contributed by atoms with E-state index in [0.29, 0.717) is 29.9 Å². The molecule has 0 fully saturated rings. The summed E-state index contributed by atoms with van der Waals surface area (Å²) in [6.07, 6.45) is 5.46. The SMILES string of the molecule is C=CCn1ncc(NCCOCCCC)c(Br)c1=O. The smallest absolute Gasteiger partial charge is 0.283 e. The van der Waals surface area contributed by atoms with E-state index in [2.05, 4.69) is 39.8 Å². The van der Waals surface area contributed by atoms with Crippen LogP contribution >= 0.6 is 15.9 Å². The zero-order valence-electron chi connectivity index (χ0n) is 11.2. The Labute approximate surface area is 121 Å². The molecule has 0 radical (unpaired) electrons. The van der Waals surface area contributed by atoms with Gasteiger partial charge in [-0.2, -0.15) is 5.10 Å². The van der Waals surface area contributed by atoms with Crippen LogP contribution in [0.3, 0.4) is 0 Å². The summed E-state index contributed by atoms with van der Waals surface area (Å²) in [5.41, 5.74) is 0.515. The van der Waals surface area contributed by atoms with Crippen LogP contribution in [0.1, 0.15) is 19.8 Å². The highest BCUT2D eigenvalue weighted by molar-refractivity contribution is 9.10. The van der Waals surface area contributed by atoms with Crippen molar-refractivity contribution in [1.82, 2.24) is 9.78 Å². The van der Waals surface area contributed by atoms with Crippen molar-refractivity contribution in [2.75, 3.05) is 25.1 Å². The molecular weight excluding hydrogens is 310 g/mol. The fourth-order valence-electron chi connectivity index (χ4n) is 1.45. The molecule has 0 spiro atoms. The summed E-state index contributed by atoms with van der Waals surface area (Å²) < 4.78 is 7.26. The molecule has 0 amide bonds. The lowest BCUT2D eigenvalue weighted by atomic mass is 10.4. The topological polar surface area (TPSA) is 56.1 Å². The molecule has 0 unspecified atom stereocenters. The zero-order valence-corrected chi connectivity index (χ0v) is 12.8. The maximum absolute atomic E-state index is 11.9. The fraction of sp³-hybridized carbons (Fsp3) is 0.538. The maximum Gasteiger partial charge on any atom is 0.283 e. The van der Waals surface area contributed by atoms with Gasteiger partial charge in [-0.05, 0) is 22.4 Å². The molecule has 1 heterocycles. The fourth-order valence-corrected chi connectivity index (χ4v) is 1.89. The molecule has 1 rings (SSSR count). The van der Waals surface area contributed by atoms with E-state index < -0.39 is 0 Å². The van der Waals surface area contributed by atoms with Crippen LogP contribution < -0.4 is 10.9 Å². The predicted molar refractivity (Wildman–Crippen MR) is 80.6 cm³/mol. The second kappa shape index (κ2) is 8.87. The first-order valence-electron chi connectivity index (χ1n) is 6.38. The quantitative estimate of drug-likeness (QED) is 0.558. The Morgan fingerprint density at radius 2 is 2.37 bits per heavy atom. The van der Waals surface area contributed by atoms with Crippen molar-refractivity contribution >= 4 is 21.6 Å². The van der Waals surface area contributed by atoms with Crippen LogP contribution in [-0.2, 0) is 11.3 Å². The standard InChI is InChI=1S/C13H20BrN3O2/c1-3-5-8-19-9-6-15-11-10-16-17(7-4-2)13(18)12(11)14/h4,10,15H,2-3,5-9H2,1H3. The third kappa shape index (κ3) is 5.16. The van der Waals surface area contributed by atoms with E-state index >= 15 is 0 Å². The Balaban J connectivity index is 2.48. The van der Waals surface area contributed by atoms with Gasteiger partial charge in [-0.25, -0.2) is 4.68 Å². The molecule has 0 aliphatic rings. The molecule has 1 aromatic heterocycles. The summed E-state index contributed by atoms with van der Waals surface area (Å²) in [7, 11) is 0. The lowest BCUT2D eigenvalue weighted by Crippen LogP contribution is -2.24. The molecule has 5 nitrogen and oxygen atoms in total. The molecule has 0 saturated heterocycles. The first kappa shape index (κ1) is 15.9. The zero-order chi connectivity index (χ0) is 14.1. The van der Waals surface area contributed by atoms with E-state index in [9.17, 15) is 4.79 Å². The number of unbranched alkanes of at least 4 members (excludes halogenated alkanes) is 1. The molecule has 0 atom stereocenters. The van der Waals surface area contributed by atoms with Crippen LogP contribution in [-0.4, -0.2) is 29.5 Å². The van der Waals surface area contributed by atoms with Crippen molar-refractivity contribution in [2.45, 2.75) is 26.3 Å². The normalized spacial score (nSPS) is 10.4. The minimum absolute atomic E-state index is 0.170. The summed E-state index contributed by atoms with van der Waals surface area (Å²) in [4.78, 5) is 11.9. The molecule has 0 aliphatic heterocycles. The second-order valence-corrected chi connectivity index (χ2v) is 4.83. The van der Waals surface area contributed by atoms with Gasteiger partial charge in [0.2, 0.25) is 0 Å². The van der Waals surface area contributed by atoms with Gasteiger partial charge in [0.25, 0.3) is 5.56 Å². The van der Waals surface area contributed by atoms with Gasteiger partial charge in [0, 0.05) is 13.2 Å². The minimum atomic E-state index is -0.170. The van der Waals surface area contributed by atoms with Gasteiger partial charge in [0.1, 0.15) is 4.47 Å². The van der Waals surface area contributed by atoms with Crippen molar-refractivity contribution in [3.05, 3.63) is 33.7 Å². The highest BCUT2D eigenvalue weighted by atomic mass is 79.9. The van der Waals surface area contributed by atoms with Crippen LogP contribution in [0.15, 0.2) is 28.1 Å². The Hall–Kier alpha value is -1.14. The Morgan fingerprint density at radius 3 is 3.05 bits per heavy atom. The third-order valence-corrected chi connectivity index (χ3v) is 3.26. The number of halogens is 1. The van der Waals surface area contributed by atoms with E-state index in [1.165, 1.54) is 4.68 Å². The summed E-state index contributed by atoms with van der Waals surface area (Å²) in [6.45, 7) is 8.15. The van der Waals surface area contributed by atoms with Crippen molar-refractivity contribution in [3.63, 3.8) is 0 Å². The first-order valence-corrected chi connectivity index (χ1v) is 7.18. The molecule has 0 aromatic carbocycles. The Bertz CT molecular complexity index is 460. The minimum Gasteiger partial charge on any atom is -0.380 e. The lowest BCUT2D eigenvalue weighted by molar-refractivity contribution is 0.141. The summed E-state index contributed by atoms with van der Waals surface area (Å²) in [6, 6.07) is 0. The highest BCUT2D eigenvalue weighted by Gasteiger charge is 2.07. The lowest BCUT2D eigenvalue weighted by Gasteiger charge is -2.09. The number of hydrogen-bond acceptors (Lipinski definition) is 4. The molecular formula is C13H20BrN3O2. The van der Waals surface area contributed by atoms with Gasteiger partial charge in [-0.15, -0.1) is 6.58 Å². The molecule has 6 heteroatoms.